The quantitative estimate of drug-likeness (QED) is 0.667. The predicted molar refractivity (Wildman–Crippen MR) is 40.4 cm³/mol. The zero-order valence-electron chi connectivity index (χ0n) is 6.54. The van der Waals surface area contributed by atoms with Crippen LogP contribution in [0.2, 0.25) is 0 Å². The second kappa shape index (κ2) is 3.05. The van der Waals surface area contributed by atoms with Crippen molar-refractivity contribution in [3.8, 4) is 0 Å². The van der Waals surface area contributed by atoms with Crippen molar-refractivity contribution in [2.45, 2.75) is 6.29 Å². The minimum atomic E-state index is -0.934. The van der Waals surface area contributed by atoms with Crippen LogP contribution in [0.1, 0.15) is 11.9 Å². The van der Waals surface area contributed by atoms with Gasteiger partial charge in [0.15, 0.2) is 11.6 Å². The molecule has 2 rings (SSSR count). The molecule has 1 aliphatic rings. The molecule has 0 fully saturated rings. The van der Waals surface area contributed by atoms with E-state index in [1.165, 1.54) is 24.7 Å². The Morgan fingerprint density at radius 3 is 2.46 bits per heavy atom. The van der Waals surface area contributed by atoms with E-state index in [0.29, 0.717) is 0 Å². The number of hydrogen-bond acceptors (Lipinski definition) is 2. The first kappa shape index (κ1) is 8.04. The number of halogens is 2. The van der Waals surface area contributed by atoms with Gasteiger partial charge < -0.3 is 9.47 Å². The molecule has 0 spiro atoms. The third kappa shape index (κ3) is 1.35. The number of rotatable bonds is 1. The summed E-state index contributed by atoms with van der Waals surface area (Å²) in [5.74, 6) is -1.84. The van der Waals surface area contributed by atoms with Crippen LogP contribution in [0.4, 0.5) is 8.78 Å². The molecule has 4 heteroatoms. The first-order chi connectivity index (χ1) is 6.29. The molecule has 0 unspecified atom stereocenters. The summed E-state index contributed by atoms with van der Waals surface area (Å²) in [5, 5.41) is 0. The Bertz CT molecular complexity index is 341. The van der Waals surface area contributed by atoms with Crippen molar-refractivity contribution < 1.29 is 18.3 Å². The number of ether oxygens (including phenoxy) is 2. The van der Waals surface area contributed by atoms with E-state index in [0.717, 1.165) is 6.07 Å². The Kier molecular flexibility index (Phi) is 1.88. The highest BCUT2D eigenvalue weighted by Crippen LogP contribution is 2.26. The second-order valence-electron chi connectivity index (χ2n) is 2.52. The van der Waals surface area contributed by atoms with E-state index in [1.807, 2.05) is 0 Å². The summed E-state index contributed by atoms with van der Waals surface area (Å²) < 4.78 is 35.5. The Hall–Kier alpha value is -1.58. The summed E-state index contributed by atoms with van der Waals surface area (Å²) in [6.07, 6.45) is 1.71. The topological polar surface area (TPSA) is 18.5 Å². The molecule has 1 heterocycles. The van der Waals surface area contributed by atoms with Gasteiger partial charge in [0.1, 0.15) is 12.5 Å². The van der Waals surface area contributed by atoms with Crippen LogP contribution in [0.3, 0.4) is 0 Å². The molecule has 0 N–H and O–H groups in total. The molecule has 0 aromatic heterocycles. The summed E-state index contributed by atoms with van der Waals surface area (Å²) in [5.41, 5.74) is 0.0602. The number of benzene rings is 1. The zero-order valence-corrected chi connectivity index (χ0v) is 6.54. The molecule has 0 aliphatic carbocycles. The molecular weight excluding hydrogens is 178 g/mol. The third-order valence-corrected chi connectivity index (χ3v) is 1.70. The average molecular weight is 184 g/mol. The molecule has 0 bridgehead atoms. The van der Waals surface area contributed by atoms with Crippen LogP contribution in [0, 0.1) is 11.6 Å². The summed E-state index contributed by atoms with van der Waals surface area (Å²) in [6, 6.07) is 3.86. The lowest BCUT2D eigenvalue weighted by Gasteiger charge is -2.10. The predicted octanol–water partition coefficient (Wildman–Crippen LogP) is 2.48. The summed E-state index contributed by atoms with van der Waals surface area (Å²) in [6.45, 7) is 0. The molecule has 1 aliphatic heterocycles. The van der Waals surface area contributed by atoms with Crippen LogP contribution in [-0.4, -0.2) is 0 Å². The Balaban J connectivity index is 2.34. The maximum absolute atomic E-state index is 13.1. The zero-order chi connectivity index (χ0) is 9.26. The van der Waals surface area contributed by atoms with Gasteiger partial charge in [-0.05, 0) is 12.1 Å². The van der Waals surface area contributed by atoms with Crippen molar-refractivity contribution in [2.75, 3.05) is 0 Å². The van der Waals surface area contributed by atoms with E-state index in [2.05, 4.69) is 0 Å². The van der Waals surface area contributed by atoms with Gasteiger partial charge in [0.25, 0.3) is 6.29 Å². The van der Waals surface area contributed by atoms with Gasteiger partial charge in [-0.1, -0.05) is 6.07 Å². The molecule has 0 saturated heterocycles. The largest absolute Gasteiger partial charge is 0.455 e. The van der Waals surface area contributed by atoms with Gasteiger partial charge in [-0.2, -0.15) is 0 Å². The summed E-state index contributed by atoms with van der Waals surface area (Å²) in [7, 11) is 0. The monoisotopic (exact) mass is 184 g/mol. The Morgan fingerprint density at radius 2 is 1.77 bits per heavy atom. The first-order valence-electron chi connectivity index (χ1n) is 3.69. The minimum absolute atomic E-state index is 0.0602. The maximum atomic E-state index is 13.1. The maximum Gasteiger partial charge on any atom is 0.269 e. The Morgan fingerprint density at radius 1 is 1.08 bits per heavy atom. The molecule has 0 atom stereocenters. The lowest BCUT2D eigenvalue weighted by atomic mass is 10.2. The Labute approximate surface area is 73.4 Å². The van der Waals surface area contributed by atoms with Crippen LogP contribution >= 0.6 is 0 Å². The van der Waals surface area contributed by atoms with Gasteiger partial charge in [0, 0.05) is 0 Å². The van der Waals surface area contributed by atoms with E-state index < -0.39 is 17.9 Å². The van der Waals surface area contributed by atoms with Crippen molar-refractivity contribution in [2.24, 2.45) is 0 Å². The van der Waals surface area contributed by atoms with E-state index in [-0.39, 0.29) is 5.56 Å². The molecule has 0 radical (unpaired) electrons. The van der Waals surface area contributed by atoms with Gasteiger partial charge >= 0.3 is 0 Å². The van der Waals surface area contributed by atoms with Crippen molar-refractivity contribution in [3.05, 3.63) is 47.9 Å². The lowest BCUT2D eigenvalue weighted by molar-refractivity contribution is -0.0275. The van der Waals surface area contributed by atoms with E-state index in [9.17, 15) is 8.78 Å². The van der Waals surface area contributed by atoms with Crippen molar-refractivity contribution in [1.29, 1.82) is 0 Å². The highest BCUT2D eigenvalue weighted by atomic mass is 19.2. The van der Waals surface area contributed by atoms with Gasteiger partial charge in [0.05, 0.1) is 5.56 Å². The summed E-state index contributed by atoms with van der Waals surface area (Å²) >= 11 is 0. The highest BCUT2D eigenvalue weighted by molar-refractivity contribution is 5.20. The standard InChI is InChI=1S/C9H6F2O2/c10-7-3-1-2-6(8(7)11)9-12-4-5-13-9/h1-5,9H. The fourth-order valence-electron chi connectivity index (χ4n) is 1.09. The van der Waals surface area contributed by atoms with Crippen molar-refractivity contribution in [3.63, 3.8) is 0 Å². The van der Waals surface area contributed by atoms with Gasteiger partial charge in [-0.3, -0.25) is 0 Å². The molecule has 1 aromatic rings. The van der Waals surface area contributed by atoms with E-state index >= 15 is 0 Å². The molecule has 1 aromatic carbocycles. The highest BCUT2D eigenvalue weighted by Gasteiger charge is 2.21. The van der Waals surface area contributed by atoms with E-state index in [1.54, 1.807) is 0 Å². The summed E-state index contributed by atoms with van der Waals surface area (Å²) in [4.78, 5) is 0. The third-order valence-electron chi connectivity index (χ3n) is 1.70. The van der Waals surface area contributed by atoms with Crippen molar-refractivity contribution in [1.82, 2.24) is 0 Å². The van der Waals surface area contributed by atoms with Gasteiger partial charge in [0.2, 0.25) is 0 Å². The molecule has 13 heavy (non-hydrogen) atoms. The average Bonchev–Trinajstić information content (AvgIpc) is 2.62. The molecular formula is C9H6F2O2. The smallest absolute Gasteiger partial charge is 0.269 e. The van der Waals surface area contributed by atoms with Crippen LogP contribution in [0.5, 0.6) is 0 Å². The first-order valence-corrected chi connectivity index (χ1v) is 3.69. The van der Waals surface area contributed by atoms with Crippen LogP contribution in [-0.2, 0) is 9.47 Å². The van der Waals surface area contributed by atoms with E-state index in [4.69, 9.17) is 9.47 Å². The molecule has 0 amide bonds. The van der Waals surface area contributed by atoms with Crippen molar-refractivity contribution >= 4 is 0 Å². The fraction of sp³-hybridized carbons (Fsp3) is 0.111. The second-order valence-corrected chi connectivity index (χ2v) is 2.52. The van der Waals surface area contributed by atoms with Crippen LogP contribution < -0.4 is 0 Å². The van der Waals surface area contributed by atoms with Crippen LogP contribution in [0.25, 0.3) is 0 Å². The molecule has 2 nitrogen and oxygen atoms in total. The fourth-order valence-corrected chi connectivity index (χ4v) is 1.09. The molecule has 0 saturated carbocycles. The SMILES string of the molecule is Fc1cccc(C2OC=CO2)c1F. The number of hydrogen-bond donors (Lipinski definition) is 0. The van der Waals surface area contributed by atoms with Crippen LogP contribution in [0.15, 0.2) is 30.7 Å². The van der Waals surface area contributed by atoms with Gasteiger partial charge in [-0.15, -0.1) is 0 Å². The molecule has 68 valence electrons. The van der Waals surface area contributed by atoms with Gasteiger partial charge in [-0.25, -0.2) is 8.78 Å². The lowest BCUT2D eigenvalue weighted by Crippen LogP contribution is -2.02. The minimum Gasteiger partial charge on any atom is -0.455 e. The normalized spacial score (nSPS) is 15.5.